The van der Waals surface area contributed by atoms with Crippen LogP contribution in [0.15, 0.2) is 18.2 Å². The smallest absolute Gasteiger partial charge is 0.241 e. The normalized spacial score (nSPS) is 10.6. The molecular weight excluding hydrogens is 221 g/mol. The summed E-state index contributed by atoms with van der Waals surface area (Å²) in [6.07, 6.45) is 2.49. The topological polar surface area (TPSA) is 52.3 Å². The second kappa shape index (κ2) is 4.79. The second-order valence-electron chi connectivity index (χ2n) is 2.75. The lowest BCUT2D eigenvalue weighted by Crippen LogP contribution is -2.05. The number of rotatable bonds is 3. The van der Waals surface area contributed by atoms with Gasteiger partial charge in [-0.05, 0) is 23.8 Å². The Morgan fingerprint density at radius 2 is 2.27 bits per heavy atom. The van der Waals surface area contributed by atoms with Crippen LogP contribution in [0, 0.1) is 5.82 Å². The average Bonchev–Trinajstić information content (AvgIpc) is 2.14. The van der Waals surface area contributed by atoms with Crippen LogP contribution in [0.25, 0.3) is 6.08 Å². The van der Waals surface area contributed by atoms with E-state index >= 15 is 0 Å². The van der Waals surface area contributed by atoms with E-state index in [4.69, 9.17) is 22.1 Å². The molecule has 0 heterocycles. The second-order valence-corrected chi connectivity index (χ2v) is 3.16. The Kier molecular flexibility index (Phi) is 3.68. The third-order valence-corrected chi connectivity index (χ3v) is 1.95. The molecular formula is C10H9ClFNO2. The van der Waals surface area contributed by atoms with Crippen molar-refractivity contribution in [1.29, 1.82) is 0 Å². The lowest BCUT2D eigenvalue weighted by molar-refractivity contribution is -0.113. The number of benzene rings is 1. The minimum absolute atomic E-state index is 0.0205. The van der Waals surface area contributed by atoms with Gasteiger partial charge in [-0.3, -0.25) is 4.79 Å². The third-order valence-electron chi connectivity index (χ3n) is 1.66. The zero-order valence-electron chi connectivity index (χ0n) is 7.96. The minimum Gasteiger partial charge on any atom is -0.492 e. The molecule has 0 fully saturated rings. The van der Waals surface area contributed by atoms with Crippen LogP contribution < -0.4 is 10.5 Å². The summed E-state index contributed by atoms with van der Waals surface area (Å²) in [7, 11) is 1.32. The fraction of sp³-hybridized carbons (Fsp3) is 0.100. The predicted octanol–water partition coefficient (Wildman–Crippen LogP) is 1.99. The van der Waals surface area contributed by atoms with Crippen LogP contribution >= 0.6 is 11.6 Å². The molecule has 1 aromatic carbocycles. The number of primary amides is 1. The number of nitrogens with two attached hydrogens (primary N) is 1. The van der Waals surface area contributed by atoms with Crippen LogP contribution in [0.1, 0.15) is 5.56 Å². The lowest BCUT2D eigenvalue weighted by atomic mass is 10.2. The summed E-state index contributed by atoms with van der Waals surface area (Å²) >= 11 is 5.74. The molecule has 0 aliphatic carbocycles. The first-order chi connectivity index (χ1) is 7.04. The van der Waals surface area contributed by atoms with Crippen molar-refractivity contribution in [3.05, 3.63) is 34.6 Å². The van der Waals surface area contributed by atoms with Crippen molar-refractivity contribution in [2.75, 3.05) is 7.11 Å². The van der Waals surface area contributed by atoms with Gasteiger partial charge in [-0.1, -0.05) is 11.6 Å². The van der Waals surface area contributed by atoms with Gasteiger partial charge in [-0.15, -0.1) is 0 Å². The summed E-state index contributed by atoms with van der Waals surface area (Å²) in [4.78, 5) is 10.4. The molecule has 0 spiro atoms. The fourth-order valence-electron chi connectivity index (χ4n) is 1.05. The molecule has 2 N–H and O–H groups in total. The molecule has 5 heteroatoms. The van der Waals surface area contributed by atoms with Crippen LogP contribution in [-0.4, -0.2) is 13.0 Å². The molecule has 80 valence electrons. The molecule has 1 aromatic rings. The molecule has 1 rings (SSSR count). The van der Waals surface area contributed by atoms with E-state index in [1.165, 1.54) is 25.3 Å². The highest BCUT2D eigenvalue weighted by Crippen LogP contribution is 2.29. The summed E-state index contributed by atoms with van der Waals surface area (Å²) in [5.41, 5.74) is 5.34. The van der Waals surface area contributed by atoms with E-state index < -0.39 is 11.7 Å². The number of methoxy groups -OCH3 is 1. The Hall–Kier alpha value is -1.55. The Morgan fingerprint density at radius 1 is 1.60 bits per heavy atom. The molecule has 15 heavy (non-hydrogen) atoms. The van der Waals surface area contributed by atoms with Gasteiger partial charge >= 0.3 is 0 Å². The van der Waals surface area contributed by atoms with Crippen molar-refractivity contribution in [3.63, 3.8) is 0 Å². The van der Waals surface area contributed by atoms with Gasteiger partial charge in [-0.25, -0.2) is 4.39 Å². The van der Waals surface area contributed by atoms with Gasteiger partial charge in [0.05, 0.1) is 12.1 Å². The molecule has 0 aromatic heterocycles. The molecule has 3 nitrogen and oxygen atoms in total. The van der Waals surface area contributed by atoms with E-state index in [1.54, 1.807) is 0 Å². The van der Waals surface area contributed by atoms with E-state index in [1.807, 2.05) is 0 Å². The van der Waals surface area contributed by atoms with Gasteiger partial charge in [-0.2, -0.15) is 0 Å². The summed E-state index contributed by atoms with van der Waals surface area (Å²) in [5.74, 6) is -1.22. The zero-order chi connectivity index (χ0) is 11.4. The molecule has 1 amide bonds. The predicted molar refractivity (Wildman–Crippen MR) is 56.2 cm³/mol. The molecule has 0 bridgehead atoms. The van der Waals surface area contributed by atoms with Gasteiger partial charge in [0, 0.05) is 6.08 Å². The maximum absolute atomic E-state index is 13.3. The molecule has 0 radical (unpaired) electrons. The summed E-state index contributed by atoms with van der Waals surface area (Å²) in [5, 5.41) is 0.140. The molecule has 0 aliphatic rings. The largest absolute Gasteiger partial charge is 0.492 e. The van der Waals surface area contributed by atoms with Crippen LogP contribution in [0.4, 0.5) is 4.39 Å². The monoisotopic (exact) mass is 229 g/mol. The molecule has 0 saturated heterocycles. The summed E-state index contributed by atoms with van der Waals surface area (Å²) < 4.78 is 18.0. The minimum atomic E-state index is -0.609. The van der Waals surface area contributed by atoms with E-state index in [9.17, 15) is 9.18 Å². The van der Waals surface area contributed by atoms with E-state index in [-0.39, 0.29) is 10.8 Å². The summed E-state index contributed by atoms with van der Waals surface area (Å²) in [6, 6.07) is 2.67. The number of hydrogen-bond acceptors (Lipinski definition) is 2. The molecule has 0 saturated carbocycles. The third kappa shape index (κ3) is 2.95. The Labute approximate surface area is 91.3 Å². The average molecular weight is 230 g/mol. The standard InChI is InChI=1S/C10H9ClFNO2/c1-15-10-7(11)4-6(5-8(10)12)2-3-9(13)14/h2-5H,1H3,(H2,13,14)/b3-2-. The van der Waals surface area contributed by atoms with Crippen molar-refractivity contribution in [2.45, 2.75) is 0 Å². The van der Waals surface area contributed by atoms with E-state index in [0.717, 1.165) is 6.08 Å². The molecule has 0 aliphatic heterocycles. The highest BCUT2D eigenvalue weighted by Gasteiger charge is 2.08. The first-order valence-corrected chi connectivity index (χ1v) is 4.43. The van der Waals surface area contributed by atoms with Gasteiger partial charge in [0.2, 0.25) is 5.91 Å². The van der Waals surface area contributed by atoms with Gasteiger partial charge in [0.15, 0.2) is 11.6 Å². The van der Waals surface area contributed by atoms with E-state index in [0.29, 0.717) is 5.56 Å². The first-order valence-electron chi connectivity index (χ1n) is 4.05. The van der Waals surface area contributed by atoms with Crippen molar-refractivity contribution in [2.24, 2.45) is 5.73 Å². The molecule has 0 unspecified atom stereocenters. The highest BCUT2D eigenvalue weighted by atomic mass is 35.5. The molecule has 0 atom stereocenters. The Morgan fingerprint density at radius 3 is 2.73 bits per heavy atom. The highest BCUT2D eigenvalue weighted by molar-refractivity contribution is 6.32. The van der Waals surface area contributed by atoms with Crippen LogP contribution in [-0.2, 0) is 4.79 Å². The van der Waals surface area contributed by atoms with Crippen molar-refractivity contribution >= 4 is 23.6 Å². The zero-order valence-corrected chi connectivity index (χ0v) is 8.72. The maximum atomic E-state index is 13.3. The number of halogens is 2. The number of carbonyl (C=O) groups is 1. The fourth-order valence-corrected chi connectivity index (χ4v) is 1.34. The van der Waals surface area contributed by atoms with Crippen LogP contribution in [0.3, 0.4) is 0 Å². The van der Waals surface area contributed by atoms with E-state index in [2.05, 4.69) is 0 Å². The lowest BCUT2D eigenvalue weighted by Gasteiger charge is -2.05. The first kappa shape index (κ1) is 11.5. The number of ether oxygens (including phenoxy) is 1. The van der Waals surface area contributed by atoms with Crippen LogP contribution in [0.5, 0.6) is 5.75 Å². The Bertz CT molecular complexity index is 395. The quantitative estimate of drug-likeness (QED) is 0.806. The van der Waals surface area contributed by atoms with Crippen LogP contribution in [0.2, 0.25) is 5.02 Å². The van der Waals surface area contributed by atoms with Gasteiger partial charge < -0.3 is 10.5 Å². The van der Waals surface area contributed by atoms with Crippen molar-refractivity contribution in [1.82, 2.24) is 0 Å². The van der Waals surface area contributed by atoms with Gasteiger partial charge in [0.25, 0.3) is 0 Å². The number of carbonyl (C=O) groups excluding carboxylic acids is 1. The summed E-state index contributed by atoms with van der Waals surface area (Å²) in [6.45, 7) is 0. The van der Waals surface area contributed by atoms with Crippen molar-refractivity contribution < 1.29 is 13.9 Å². The maximum Gasteiger partial charge on any atom is 0.241 e. The SMILES string of the molecule is COc1c(F)cc(/C=C\C(N)=O)cc1Cl. The Balaban J connectivity index is 3.09. The van der Waals surface area contributed by atoms with Crippen molar-refractivity contribution in [3.8, 4) is 5.75 Å². The van der Waals surface area contributed by atoms with Gasteiger partial charge in [0.1, 0.15) is 0 Å². The number of amides is 1. The number of hydrogen-bond donors (Lipinski definition) is 1.